The topological polar surface area (TPSA) is 76.2 Å². The first-order chi connectivity index (χ1) is 12.7. The first kappa shape index (κ1) is 19.0. The number of ether oxygens (including phenoxy) is 2. The number of anilines is 1. The van der Waals surface area contributed by atoms with Crippen molar-refractivity contribution in [3.05, 3.63) is 53.6 Å². The molecule has 1 aliphatic heterocycles. The van der Waals surface area contributed by atoms with Gasteiger partial charge in [-0.15, -0.1) is 0 Å². The highest BCUT2D eigenvalue weighted by atomic mass is 32.2. The zero-order valence-corrected chi connectivity index (χ0v) is 16.3. The third-order valence-electron chi connectivity index (χ3n) is 4.29. The molecule has 144 valence electrons. The van der Waals surface area contributed by atoms with Crippen LogP contribution in [0.5, 0.6) is 11.5 Å². The van der Waals surface area contributed by atoms with E-state index in [-0.39, 0.29) is 19.2 Å². The summed E-state index contributed by atoms with van der Waals surface area (Å²) in [5, 5.41) is 0. The van der Waals surface area contributed by atoms with E-state index < -0.39 is 10.0 Å². The van der Waals surface area contributed by atoms with Gasteiger partial charge in [0, 0.05) is 19.7 Å². The number of rotatable bonds is 6. The van der Waals surface area contributed by atoms with Crippen LogP contribution in [0, 0.1) is 6.92 Å². The fourth-order valence-electron chi connectivity index (χ4n) is 2.74. The molecule has 0 N–H and O–H groups in total. The molecule has 0 spiro atoms. The average Bonchev–Trinajstić information content (AvgIpc) is 3.08. The molecule has 1 aliphatic rings. The Balaban J connectivity index is 1.76. The fourth-order valence-corrected chi connectivity index (χ4v) is 3.58. The summed E-state index contributed by atoms with van der Waals surface area (Å²) in [7, 11) is -2.00. The Labute approximate surface area is 159 Å². The monoisotopic (exact) mass is 390 g/mol. The third-order valence-corrected chi connectivity index (χ3v) is 5.43. The minimum absolute atomic E-state index is 0.0931. The van der Waals surface area contributed by atoms with Gasteiger partial charge in [-0.2, -0.15) is 0 Å². The van der Waals surface area contributed by atoms with Crippen molar-refractivity contribution in [1.29, 1.82) is 0 Å². The zero-order chi connectivity index (χ0) is 19.6. The summed E-state index contributed by atoms with van der Waals surface area (Å²) >= 11 is 0. The van der Waals surface area contributed by atoms with E-state index in [0.717, 1.165) is 21.7 Å². The summed E-state index contributed by atoms with van der Waals surface area (Å²) in [6.45, 7) is 2.20. The Morgan fingerprint density at radius 2 is 1.74 bits per heavy atom. The smallest absolute Gasteiger partial charge is 0.243 e. The lowest BCUT2D eigenvalue weighted by molar-refractivity contribution is -0.128. The number of hydrogen-bond donors (Lipinski definition) is 0. The number of sulfonamides is 1. The molecule has 2 aromatic carbocycles. The van der Waals surface area contributed by atoms with Crippen LogP contribution in [0.4, 0.5) is 5.69 Å². The summed E-state index contributed by atoms with van der Waals surface area (Å²) in [5.74, 6) is 0.704. The average molecular weight is 390 g/mol. The number of amides is 1. The molecule has 0 fully saturated rings. The molecule has 0 unspecified atom stereocenters. The van der Waals surface area contributed by atoms with E-state index in [0.29, 0.717) is 23.7 Å². The summed E-state index contributed by atoms with van der Waals surface area (Å²) in [6.07, 6.45) is 1.07. The molecule has 0 aliphatic carbocycles. The first-order valence-corrected chi connectivity index (χ1v) is 10.3. The van der Waals surface area contributed by atoms with Crippen molar-refractivity contribution in [1.82, 2.24) is 4.90 Å². The minimum Gasteiger partial charge on any atom is -0.454 e. The molecule has 0 saturated carbocycles. The second-order valence-electron chi connectivity index (χ2n) is 6.54. The maximum atomic E-state index is 12.6. The Morgan fingerprint density at radius 3 is 2.41 bits per heavy atom. The van der Waals surface area contributed by atoms with Crippen LogP contribution in [0.2, 0.25) is 0 Å². The van der Waals surface area contributed by atoms with E-state index in [1.807, 2.05) is 31.2 Å². The summed E-state index contributed by atoms with van der Waals surface area (Å²) < 4.78 is 36.2. The third kappa shape index (κ3) is 4.51. The number of fused-ring (bicyclic) bond motifs is 1. The molecule has 7 nitrogen and oxygen atoms in total. The van der Waals surface area contributed by atoms with Crippen LogP contribution in [-0.2, 0) is 21.4 Å². The van der Waals surface area contributed by atoms with E-state index in [9.17, 15) is 13.2 Å². The molecule has 3 rings (SSSR count). The fraction of sp³-hybridized carbons (Fsp3) is 0.316. The molecule has 1 amide bonds. The standard InChI is InChI=1S/C19H22N2O5S/c1-14-4-6-15(7-5-14)11-20(2)19(22)12-21(27(3,23)24)16-8-9-17-18(10-16)26-13-25-17/h4-10H,11-13H2,1-3H3. The largest absolute Gasteiger partial charge is 0.454 e. The molecule has 27 heavy (non-hydrogen) atoms. The van der Waals surface area contributed by atoms with Crippen LogP contribution in [0.1, 0.15) is 11.1 Å². The number of carbonyl (C=O) groups is 1. The highest BCUT2D eigenvalue weighted by molar-refractivity contribution is 7.92. The van der Waals surface area contributed by atoms with Gasteiger partial charge < -0.3 is 14.4 Å². The van der Waals surface area contributed by atoms with Gasteiger partial charge in [-0.1, -0.05) is 29.8 Å². The number of benzene rings is 2. The van der Waals surface area contributed by atoms with Crippen LogP contribution < -0.4 is 13.8 Å². The molecule has 0 bridgehead atoms. The van der Waals surface area contributed by atoms with Crippen molar-refractivity contribution in [2.75, 3.05) is 30.9 Å². The number of likely N-dealkylation sites (N-methyl/N-ethyl adjacent to an activating group) is 1. The van der Waals surface area contributed by atoms with Crippen molar-refractivity contribution >= 4 is 21.6 Å². The quantitative estimate of drug-likeness (QED) is 0.755. The molecule has 0 atom stereocenters. The lowest BCUT2D eigenvalue weighted by atomic mass is 10.1. The van der Waals surface area contributed by atoms with Crippen molar-refractivity contribution < 1.29 is 22.7 Å². The SMILES string of the molecule is Cc1ccc(CN(C)C(=O)CN(c2ccc3c(c2)OCO3)S(C)(=O)=O)cc1. The summed E-state index contributed by atoms with van der Waals surface area (Å²) in [6, 6.07) is 12.7. The Hall–Kier alpha value is -2.74. The number of aryl methyl sites for hydroxylation is 1. The predicted octanol–water partition coefficient (Wildman–Crippen LogP) is 2.15. The van der Waals surface area contributed by atoms with Crippen LogP contribution in [0.3, 0.4) is 0 Å². The van der Waals surface area contributed by atoms with E-state index in [2.05, 4.69) is 0 Å². The van der Waals surface area contributed by atoms with Gasteiger partial charge >= 0.3 is 0 Å². The lowest BCUT2D eigenvalue weighted by Gasteiger charge is -2.25. The number of carbonyl (C=O) groups excluding carboxylic acids is 1. The maximum Gasteiger partial charge on any atom is 0.243 e. The molecule has 8 heteroatoms. The van der Waals surface area contributed by atoms with Gasteiger partial charge in [0.2, 0.25) is 22.7 Å². The Kier molecular flexibility index (Phi) is 5.27. The van der Waals surface area contributed by atoms with Gasteiger partial charge in [-0.25, -0.2) is 8.42 Å². The zero-order valence-electron chi connectivity index (χ0n) is 15.5. The van der Waals surface area contributed by atoms with Crippen molar-refractivity contribution in [2.24, 2.45) is 0 Å². The normalized spacial score (nSPS) is 12.7. The van der Waals surface area contributed by atoms with Gasteiger partial charge in [0.1, 0.15) is 6.54 Å². The van der Waals surface area contributed by atoms with E-state index >= 15 is 0 Å². The second kappa shape index (κ2) is 7.48. The van der Waals surface area contributed by atoms with Gasteiger partial charge in [0.15, 0.2) is 11.5 Å². The highest BCUT2D eigenvalue weighted by Gasteiger charge is 2.25. The Morgan fingerprint density at radius 1 is 1.07 bits per heavy atom. The maximum absolute atomic E-state index is 12.6. The van der Waals surface area contributed by atoms with Gasteiger partial charge in [0.05, 0.1) is 11.9 Å². The molecule has 1 heterocycles. The Bertz CT molecular complexity index is 941. The van der Waals surface area contributed by atoms with Crippen molar-refractivity contribution in [3.63, 3.8) is 0 Å². The molecular formula is C19H22N2O5S. The van der Waals surface area contributed by atoms with Crippen LogP contribution in [0.25, 0.3) is 0 Å². The van der Waals surface area contributed by atoms with Crippen LogP contribution in [0.15, 0.2) is 42.5 Å². The number of hydrogen-bond acceptors (Lipinski definition) is 5. The molecule has 0 aromatic heterocycles. The van der Waals surface area contributed by atoms with Crippen molar-refractivity contribution in [2.45, 2.75) is 13.5 Å². The first-order valence-electron chi connectivity index (χ1n) is 8.41. The molecule has 0 saturated heterocycles. The van der Waals surface area contributed by atoms with E-state index in [1.165, 1.54) is 4.90 Å². The van der Waals surface area contributed by atoms with E-state index in [1.54, 1.807) is 25.2 Å². The molecular weight excluding hydrogens is 368 g/mol. The number of nitrogens with zero attached hydrogens (tertiary/aromatic N) is 2. The highest BCUT2D eigenvalue weighted by Crippen LogP contribution is 2.36. The predicted molar refractivity (Wildman–Crippen MR) is 102 cm³/mol. The summed E-state index contributed by atoms with van der Waals surface area (Å²) in [5.41, 5.74) is 2.48. The molecule has 2 aromatic rings. The van der Waals surface area contributed by atoms with Gasteiger partial charge in [-0.05, 0) is 24.6 Å². The van der Waals surface area contributed by atoms with Crippen LogP contribution >= 0.6 is 0 Å². The van der Waals surface area contributed by atoms with E-state index in [4.69, 9.17) is 9.47 Å². The van der Waals surface area contributed by atoms with Crippen LogP contribution in [-0.4, -0.2) is 45.9 Å². The minimum atomic E-state index is -3.65. The molecule has 0 radical (unpaired) electrons. The summed E-state index contributed by atoms with van der Waals surface area (Å²) in [4.78, 5) is 14.2. The second-order valence-corrected chi connectivity index (χ2v) is 8.45. The van der Waals surface area contributed by atoms with Gasteiger partial charge in [-0.3, -0.25) is 9.10 Å². The lowest BCUT2D eigenvalue weighted by Crippen LogP contribution is -2.41. The van der Waals surface area contributed by atoms with Gasteiger partial charge in [0.25, 0.3) is 0 Å². The van der Waals surface area contributed by atoms with Crippen molar-refractivity contribution in [3.8, 4) is 11.5 Å².